The van der Waals surface area contributed by atoms with Gasteiger partial charge in [0.1, 0.15) is 11.8 Å². The van der Waals surface area contributed by atoms with Crippen LogP contribution in [0.25, 0.3) is 5.69 Å². The lowest BCUT2D eigenvalue weighted by Crippen LogP contribution is -2.49. The number of ether oxygens (including phenoxy) is 1. The van der Waals surface area contributed by atoms with E-state index in [-0.39, 0.29) is 11.7 Å². The minimum absolute atomic E-state index is 0.135. The third-order valence-electron chi connectivity index (χ3n) is 7.27. The van der Waals surface area contributed by atoms with Gasteiger partial charge in [-0.3, -0.25) is 4.79 Å². The van der Waals surface area contributed by atoms with Crippen LogP contribution in [0.3, 0.4) is 0 Å². The number of piperazine rings is 1. The van der Waals surface area contributed by atoms with Crippen LogP contribution < -0.4 is 15.2 Å². The molecule has 0 amide bonds. The van der Waals surface area contributed by atoms with Crippen molar-refractivity contribution in [2.45, 2.75) is 24.7 Å². The van der Waals surface area contributed by atoms with Crippen LogP contribution in [0.15, 0.2) is 89.9 Å². The summed E-state index contributed by atoms with van der Waals surface area (Å²) in [5, 5.41) is 5.03. The molecule has 1 atom stereocenters. The van der Waals surface area contributed by atoms with E-state index < -0.39 is 11.4 Å². The third-order valence-corrected chi connectivity index (χ3v) is 9.02. The van der Waals surface area contributed by atoms with Crippen molar-refractivity contribution < 1.29 is 9.29 Å². The van der Waals surface area contributed by atoms with E-state index in [2.05, 4.69) is 22.1 Å². The van der Waals surface area contributed by atoms with E-state index in [0.29, 0.717) is 54.1 Å². The Kier molecular flexibility index (Phi) is 7.61. The van der Waals surface area contributed by atoms with Gasteiger partial charge in [-0.05, 0) is 29.3 Å². The summed E-state index contributed by atoms with van der Waals surface area (Å²) in [5.74, 6) is 0.788. The number of halogens is 1. The first-order chi connectivity index (χ1) is 19.0. The Morgan fingerprint density at radius 3 is 2.31 bits per heavy atom. The largest absolute Gasteiger partial charge is 0.598 e. The van der Waals surface area contributed by atoms with Crippen LogP contribution >= 0.6 is 11.6 Å². The van der Waals surface area contributed by atoms with Gasteiger partial charge >= 0.3 is 5.56 Å². The van der Waals surface area contributed by atoms with Gasteiger partial charge in [0.2, 0.25) is 5.75 Å². The van der Waals surface area contributed by atoms with E-state index in [4.69, 9.17) is 16.3 Å². The summed E-state index contributed by atoms with van der Waals surface area (Å²) in [6.45, 7) is 2.46. The molecular weight excluding hydrogens is 532 g/mol. The Morgan fingerprint density at radius 1 is 0.923 bits per heavy atom. The van der Waals surface area contributed by atoms with Crippen molar-refractivity contribution in [2.75, 3.05) is 31.1 Å². The maximum atomic E-state index is 13.8. The minimum Gasteiger partial charge on any atom is -0.598 e. The summed E-state index contributed by atoms with van der Waals surface area (Å²) in [6.07, 6.45) is 3.07. The second-order valence-electron chi connectivity index (χ2n) is 9.84. The van der Waals surface area contributed by atoms with Crippen LogP contribution in [0.4, 0.5) is 5.69 Å². The molecule has 6 rings (SSSR count). The highest BCUT2D eigenvalue weighted by atomic mass is 35.5. The number of nitrogens with zero attached hydrogens (tertiary/aromatic N) is 4. The highest BCUT2D eigenvalue weighted by molar-refractivity contribution is 7.88. The van der Waals surface area contributed by atoms with Crippen LogP contribution in [-0.2, 0) is 30.0 Å². The molecule has 0 unspecified atom stereocenters. The number of hydrogen-bond acceptors (Lipinski definition) is 6. The van der Waals surface area contributed by atoms with E-state index in [9.17, 15) is 9.35 Å². The van der Waals surface area contributed by atoms with Gasteiger partial charge in [-0.15, -0.1) is 4.31 Å². The molecule has 0 radical (unpaired) electrons. The molecule has 0 spiro atoms. The molecule has 0 saturated carbocycles. The van der Waals surface area contributed by atoms with E-state index >= 15 is 0 Å². The molecule has 39 heavy (non-hydrogen) atoms. The van der Waals surface area contributed by atoms with Gasteiger partial charge in [-0.2, -0.15) is 9.78 Å². The Morgan fingerprint density at radius 2 is 1.62 bits per heavy atom. The van der Waals surface area contributed by atoms with Crippen molar-refractivity contribution in [3.05, 3.63) is 117 Å². The fraction of sp³-hybridized carbons (Fsp3) is 0.267. The van der Waals surface area contributed by atoms with Crippen LogP contribution in [0.5, 0.6) is 5.75 Å². The SMILES string of the molecule is O=c1c(OC2Cc3ccccc3C2)c(N2CCN([S@+]([O-])Cc3ccccc3)CC2)cnn1-c1cccc(Cl)c1. The van der Waals surface area contributed by atoms with Crippen molar-refractivity contribution in [1.29, 1.82) is 0 Å². The van der Waals surface area contributed by atoms with Crippen molar-refractivity contribution >= 4 is 28.7 Å². The number of benzene rings is 3. The molecule has 1 aromatic heterocycles. The van der Waals surface area contributed by atoms with Crippen LogP contribution in [0.2, 0.25) is 5.02 Å². The molecule has 4 aromatic rings. The van der Waals surface area contributed by atoms with Crippen LogP contribution in [-0.4, -0.2) is 50.9 Å². The van der Waals surface area contributed by atoms with E-state index in [1.54, 1.807) is 30.5 Å². The molecule has 3 aromatic carbocycles. The molecular formula is C30H29ClN4O3S. The first kappa shape index (κ1) is 26.0. The molecule has 2 aliphatic rings. The van der Waals surface area contributed by atoms with Crippen molar-refractivity contribution in [2.24, 2.45) is 0 Å². The lowest BCUT2D eigenvalue weighted by atomic mass is 10.1. The topological polar surface area (TPSA) is 73.7 Å². The number of hydrogen-bond donors (Lipinski definition) is 0. The normalized spacial score (nSPS) is 16.7. The molecule has 1 aliphatic carbocycles. The molecule has 1 saturated heterocycles. The van der Waals surface area contributed by atoms with Gasteiger partial charge in [-0.1, -0.05) is 72.3 Å². The summed E-state index contributed by atoms with van der Waals surface area (Å²) < 4.78 is 22.9. The van der Waals surface area contributed by atoms with Crippen LogP contribution in [0, 0.1) is 0 Å². The smallest absolute Gasteiger partial charge is 0.316 e. The first-order valence-electron chi connectivity index (χ1n) is 13.1. The zero-order valence-corrected chi connectivity index (χ0v) is 23.0. The highest BCUT2D eigenvalue weighted by Crippen LogP contribution is 2.31. The third kappa shape index (κ3) is 5.70. The fourth-order valence-electron chi connectivity index (χ4n) is 5.27. The van der Waals surface area contributed by atoms with Gasteiger partial charge in [-0.25, -0.2) is 0 Å². The average molecular weight is 561 g/mol. The van der Waals surface area contributed by atoms with E-state index in [1.165, 1.54) is 15.8 Å². The molecule has 2 heterocycles. The van der Waals surface area contributed by atoms with Gasteiger partial charge in [0.25, 0.3) is 0 Å². The lowest BCUT2D eigenvalue weighted by Gasteiger charge is -2.36. The Hall–Kier alpha value is -3.30. The molecule has 200 valence electrons. The van der Waals surface area contributed by atoms with E-state index in [1.807, 2.05) is 46.8 Å². The van der Waals surface area contributed by atoms with Crippen LogP contribution in [0.1, 0.15) is 16.7 Å². The summed E-state index contributed by atoms with van der Waals surface area (Å²) in [4.78, 5) is 15.9. The number of anilines is 1. The second kappa shape index (κ2) is 11.4. The fourth-order valence-corrected chi connectivity index (χ4v) is 6.68. The van der Waals surface area contributed by atoms with Gasteiger partial charge < -0.3 is 14.2 Å². The molecule has 9 heteroatoms. The van der Waals surface area contributed by atoms with Crippen molar-refractivity contribution in [3.63, 3.8) is 0 Å². The van der Waals surface area contributed by atoms with Gasteiger partial charge in [0.15, 0.2) is 5.75 Å². The molecule has 0 bridgehead atoms. The minimum atomic E-state index is -1.11. The standard InChI is InChI=1S/C30H29ClN4O3S/c31-25-11-6-12-26(19-25)35-30(36)29(38-27-17-23-9-4-5-10-24(23)18-27)28(20-32-35)33-13-15-34(16-14-33)39(37)21-22-7-2-1-3-8-22/h1-12,19-20,27H,13-18,21H2/t39-/m1/s1. The predicted octanol–water partition coefficient (Wildman–Crippen LogP) is 4.42. The maximum Gasteiger partial charge on any atom is 0.316 e. The number of aromatic nitrogens is 2. The summed E-state index contributed by atoms with van der Waals surface area (Å²) in [5.41, 5.74) is 4.49. The Bertz CT molecular complexity index is 1480. The summed E-state index contributed by atoms with van der Waals surface area (Å²) in [6, 6.07) is 25.3. The van der Waals surface area contributed by atoms with E-state index in [0.717, 1.165) is 18.4 Å². The summed E-state index contributed by atoms with van der Waals surface area (Å²) in [7, 11) is 0. The molecule has 0 N–H and O–H groups in total. The predicted molar refractivity (Wildman–Crippen MR) is 155 cm³/mol. The highest BCUT2D eigenvalue weighted by Gasteiger charge is 2.31. The lowest BCUT2D eigenvalue weighted by molar-refractivity contribution is 0.209. The second-order valence-corrected chi connectivity index (χ2v) is 11.7. The molecule has 1 aliphatic heterocycles. The quantitative estimate of drug-likeness (QED) is 0.312. The average Bonchev–Trinajstić information content (AvgIpc) is 3.37. The zero-order chi connectivity index (χ0) is 26.8. The van der Waals surface area contributed by atoms with Crippen molar-refractivity contribution in [3.8, 4) is 11.4 Å². The number of fused-ring (bicyclic) bond motifs is 1. The number of rotatable bonds is 7. The molecule has 7 nitrogen and oxygen atoms in total. The molecule has 1 fully saturated rings. The van der Waals surface area contributed by atoms with Crippen molar-refractivity contribution in [1.82, 2.24) is 14.1 Å². The maximum absolute atomic E-state index is 13.8. The van der Waals surface area contributed by atoms with Gasteiger partial charge in [0.05, 0.1) is 25.0 Å². The Labute approximate surface area is 235 Å². The van der Waals surface area contributed by atoms with Gasteiger partial charge in [0, 0.05) is 47.9 Å². The summed E-state index contributed by atoms with van der Waals surface area (Å²) >= 11 is 5.09. The monoisotopic (exact) mass is 560 g/mol. The Balaban J connectivity index is 1.24. The zero-order valence-electron chi connectivity index (χ0n) is 21.4. The first-order valence-corrected chi connectivity index (χ1v) is 14.7.